The molecule has 0 saturated carbocycles. The van der Waals surface area contributed by atoms with Crippen molar-refractivity contribution in [3.63, 3.8) is 0 Å². The maximum Gasteiger partial charge on any atom is 0.247 e. The third-order valence-corrected chi connectivity index (χ3v) is 5.44. The number of ether oxygens (including phenoxy) is 1. The standard InChI is InChI=1S/C18H30N6O3/c1-21(2)17(26)18(20-15-4-7-19-22(15)3)5-8-24(9-6-18)16(25)14-23-10-12-27-13-11-23/h4,7,20H,5-6,8-14H2,1-3H3. The number of amides is 2. The van der Waals surface area contributed by atoms with E-state index >= 15 is 0 Å². The van der Waals surface area contributed by atoms with Crippen LogP contribution in [0.15, 0.2) is 12.3 Å². The van der Waals surface area contributed by atoms with E-state index in [4.69, 9.17) is 4.74 Å². The van der Waals surface area contributed by atoms with E-state index in [1.807, 2.05) is 18.0 Å². The average Bonchev–Trinajstić information content (AvgIpc) is 3.06. The number of aromatic nitrogens is 2. The van der Waals surface area contributed by atoms with E-state index in [-0.39, 0.29) is 11.8 Å². The van der Waals surface area contributed by atoms with Gasteiger partial charge >= 0.3 is 0 Å². The van der Waals surface area contributed by atoms with Crippen LogP contribution in [0, 0.1) is 0 Å². The number of hydrogen-bond donors (Lipinski definition) is 1. The zero-order valence-corrected chi connectivity index (χ0v) is 16.5. The summed E-state index contributed by atoms with van der Waals surface area (Å²) in [5.74, 6) is 0.964. The van der Waals surface area contributed by atoms with E-state index in [1.165, 1.54) is 0 Å². The van der Waals surface area contributed by atoms with E-state index in [0.29, 0.717) is 45.7 Å². The van der Waals surface area contributed by atoms with Gasteiger partial charge in [-0.15, -0.1) is 0 Å². The summed E-state index contributed by atoms with van der Waals surface area (Å²) >= 11 is 0. The molecule has 27 heavy (non-hydrogen) atoms. The first-order chi connectivity index (χ1) is 12.9. The minimum atomic E-state index is -0.715. The van der Waals surface area contributed by atoms with Crippen LogP contribution in [-0.4, -0.2) is 102 Å². The van der Waals surface area contributed by atoms with Crippen LogP contribution in [0.3, 0.4) is 0 Å². The zero-order chi connectivity index (χ0) is 19.4. The fraction of sp³-hybridized carbons (Fsp3) is 0.722. The minimum Gasteiger partial charge on any atom is -0.379 e. The number of carbonyl (C=O) groups excluding carboxylic acids is 2. The van der Waals surface area contributed by atoms with Gasteiger partial charge in [-0.25, -0.2) is 0 Å². The van der Waals surface area contributed by atoms with Crippen molar-refractivity contribution in [3.8, 4) is 0 Å². The van der Waals surface area contributed by atoms with Crippen LogP contribution >= 0.6 is 0 Å². The van der Waals surface area contributed by atoms with Crippen LogP contribution in [0.1, 0.15) is 12.8 Å². The van der Waals surface area contributed by atoms with Gasteiger partial charge in [0.25, 0.3) is 0 Å². The molecular formula is C18H30N6O3. The Kier molecular flexibility index (Phi) is 6.01. The molecule has 0 spiro atoms. The summed E-state index contributed by atoms with van der Waals surface area (Å²) in [6.07, 6.45) is 2.85. The van der Waals surface area contributed by atoms with Crippen LogP contribution in [0.4, 0.5) is 5.82 Å². The predicted octanol–water partition coefficient (Wildman–Crippen LogP) is -0.386. The van der Waals surface area contributed by atoms with E-state index in [9.17, 15) is 9.59 Å². The quantitative estimate of drug-likeness (QED) is 0.752. The topological polar surface area (TPSA) is 82.9 Å². The summed E-state index contributed by atoms with van der Waals surface area (Å²) in [7, 11) is 5.38. The van der Waals surface area contributed by atoms with Gasteiger partial charge < -0.3 is 19.9 Å². The molecule has 0 radical (unpaired) electrons. The number of rotatable bonds is 5. The van der Waals surface area contributed by atoms with Crippen molar-refractivity contribution in [2.24, 2.45) is 7.05 Å². The Morgan fingerprint density at radius 2 is 1.89 bits per heavy atom. The van der Waals surface area contributed by atoms with Crippen molar-refractivity contribution in [3.05, 3.63) is 12.3 Å². The highest BCUT2D eigenvalue weighted by molar-refractivity contribution is 5.89. The Bertz CT molecular complexity index is 660. The Balaban J connectivity index is 1.65. The first kappa shape index (κ1) is 19.6. The van der Waals surface area contributed by atoms with E-state index in [0.717, 1.165) is 18.9 Å². The number of aryl methyl sites for hydroxylation is 1. The van der Waals surface area contributed by atoms with Crippen molar-refractivity contribution in [2.45, 2.75) is 18.4 Å². The first-order valence-corrected chi connectivity index (χ1v) is 9.47. The fourth-order valence-electron chi connectivity index (χ4n) is 3.75. The molecule has 9 heteroatoms. The van der Waals surface area contributed by atoms with Crippen LogP contribution < -0.4 is 5.32 Å². The Hall–Kier alpha value is -2.13. The first-order valence-electron chi connectivity index (χ1n) is 9.47. The SMILES string of the molecule is CN(C)C(=O)C1(Nc2ccnn2C)CCN(C(=O)CN2CCOCC2)CC1. The molecule has 2 fully saturated rings. The molecule has 2 aliphatic rings. The smallest absolute Gasteiger partial charge is 0.247 e. The third kappa shape index (κ3) is 4.41. The largest absolute Gasteiger partial charge is 0.379 e. The lowest BCUT2D eigenvalue weighted by molar-refractivity contribution is -0.140. The van der Waals surface area contributed by atoms with Gasteiger partial charge in [-0.05, 0) is 12.8 Å². The molecular weight excluding hydrogens is 348 g/mol. The lowest BCUT2D eigenvalue weighted by Gasteiger charge is -2.43. The fourth-order valence-corrected chi connectivity index (χ4v) is 3.75. The van der Waals surface area contributed by atoms with E-state index in [2.05, 4.69) is 15.3 Å². The second kappa shape index (κ2) is 8.26. The summed E-state index contributed by atoms with van der Waals surface area (Å²) in [4.78, 5) is 31.3. The Morgan fingerprint density at radius 3 is 2.44 bits per heavy atom. The normalized spacial score (nSPS) is 20.3. The molecule has 0 unspecified atom stereocenters. The number of hydrogen-bond acceptors (Lipinski definition) is 6. The molecule has 9 nitrogen and oxygen atoms in total. The van der Waals surface area contributed by atoms with Gasteiger partial charge in [0.05, 0.1) is 26.0 Å². The maximum absolute atomic E-state index is 13.0. The number of anilines is 1. The lowest BCUT2D eigenvalue weighted by Crippen LogP contribution is -2.59. The Morgan fingerprint density at radius 1 is 1.22 bits per heavy atom. The molecule has 0 bridgehead atoms. The minimum absolute atomic E-state index is 0.0315. The van der Waals surface area contributed by atoms with E-state index < -0.39 is 5.54 Å². The zero-order valence-electron chi connectivity index (χ0n) is 16.5. The molecule has 1 aromatic heterocycles. The van der Waals surface area contributed by atoms with Crippen LogP contribution in [0.2, 0.25) is 0 Å². The predicted molar refractivity (Wildman–Crippen MR) is 101 cm³/mol. The monoisotopic (exact) mass is 378 g/mol. The molecule has 2 aliphatic heterocycles. The maximum atomic E-state index is 13.0. The number of morpholine rings is 1. The van der Waals surface area contributed by atoms with Crippen LogP contribution in [-0.2, 0) is 21.4 Å². The van der Waals surface area contributed by atoms with Crippen molar-refractivity contribution in [1.29, 1.82) is 0 Å². The summed E-state index contributed by atoms with van der Waals surface area (Å²) in [5.41, 5.74) is -0.715. The molecule has 0 aliphatic carbocycles. The Labute approximate surface area is 160 Å². The lowest BCUT2D eigenvalue weighted by atomic mass is 9.85. The van der Waals surface area contributed by atoms with Crippen molar-refractivity contribution in [2.75, 3.05) is 65.3 Å². The average molecular weight is 378 g/mol. The molecule has 2 amide bonds. The summed E-state index contributed by atoms with van der Waals surface area (Å²) in [5, 5.41) is 7.58. The van der Waals surface area contributed by atoms with Gasteiger partial charge in [-0.2, -0.15) is 5.10 Å². The molecule has 0 aromatic carbocycles. The van der Waals surface area contributed by atoms with Gasteiger partial charge in [0, 0.05) is 53.4 Å². The number of piperidine rings is 1. The second-order valence-electron chi connectivity index (χ2n) is 7.52. The van der Waals surface area contributed by atoms with E-state index in [1.54, 1.807) is 29.9 Å². The van der Waals surface area contributed by atoms with Crippen LogP contribution in [0.5, 0.6) is 0 Å². The molecule has 3 heterocycles. The summed E-state index contributed by atoms with van der Waals surface area (Å²) in [6.45, 7) is 4.51. The van der Waals surface area contributed by atoms with Gasteiger partial charge in [0.1, 0.15) is 11.4 Å². The molecule has 0 atom stereocenters. The molecule has 3 rings (SSSR count). The van der Waals surface area contributed by atoms with Gasteiger partial charge in [-0.3, -0.25) is 19.2 Å². The van der Waals surface area contributed by atoms with Gasteiger partial charge in [0.2, 0.25) is 11.8 Å². The van der Waals surface area contributed by atoms with Crippen molar-refractivity contribution in [1.82, 2.24) is 24.5 Å². The number of likely N-dealkylation sites (tertiary alicyclic amines) is 1. The molecule has 2 saturated heterocycles. The van der Waals surface area contributed by atoms with Gasteiger partial charge in [-0.1, -0.05) is 0 Å². The second-order valence-corrected chi connectivity index (χ2v) is 7.52. The summed E-state index contributed by atoms with van der Waals surface area (Å²) < 4.78 is 7.06. The number of nitrogens with one attached hydrogen (secondary N) is 1. The number of nitrogens with zero attached hydrogens (tertiary/aromatic N) is 5. The number of carbonyl (C=O) groups is 2. The highest BCUT2D eigenvalue weighted by atomic mass is 16.5. The summed E-state index contributed by atoms with van der Waals surface area (Å²) in [6, 6.07) is 1.86. The van der Waals surface area contributed by atoms with Gasteiger partial charge in [0.15, 0.2) is 0 Å². The van der Waals surface area contributed by atoms with Crippen molar-refractivity contribution >= 4 is 17.6 Å². The van der Waals surface area contributed by atoms with Crippen LogP contribution in [0.25, 0.3) is 0 Å². The third-order valence-electron chi connectivity index (χ3n) is 5.44. The highest BCUT2D eigenvalue weighted by Crippen LogP contribution is 2.29. The van der Waals surface area contributed by atoms with Crippen molar-refractivity contribution < 1.29 is 14.3 Å². The molecule has 1 aromatic rings. The number of likely N-dealkylation sites (N-methyl/N-ethyl adjacent to an activating group) is 1. The molecule has 1 N–H and O–H groups in total. The highest BCUT2D eigenvalue weighted by Gasteiger charge is 2.43. The molecule has 150 valence electrons.